The van der Waals surface area contributed by atoms with Crippen LogP contribution in [0.25, 0.3) is 0 Å². The number of carbonyl (C=O) groups excluding carboxylic acids is 1. The van der Waals surface area contributed by atoms with Gasteiger partial charge in [0.25, 0.3) is 0 Å². The van der Waals surface area contributed by atoms with Gasteiger partial charge in [-0.1, -0.05) is 6.92 Å². The molecule has 0 aromatic carbocycles. The number of amides is 1. The van der Waals surface area contributed by atoms with Crippen molar-refractivity contribution in [3.8, 4) is 0 Å². The molecular formula is C7H14N2O. The van der Waals surface area contributed by atoms with E-state index in [1.54, 1.807) is 0 Å². The summed E-state index contributed by atoms with van der Waals surface area (Å²) in [4.78, 5) is 12.1. The van der Waals surface area contributed by atoms with E-state index in [2.05, 4.69) is 12.2 Å². The van der Waals surface area contributed by atoms with E-state index in [9.17, 15) is 4.79 Å². The Labute approximate surface area is 61.4 Å². The maximum absolute atomic E-state index is 10.3. The molecule has 0 aromatic rings. The number of likely N-dealkylation sites (tertiary alicyclic amines) is 1. The second kappa shape index (κ2) is 3.56. The molecule has 0 radical (unpaired) electrons. The Kier molecular flexibility index (Phi) is 2.68. The number of carbonyl (C=O) groups is 1. The number of hydrogen-bond acceptors (Lipinski definition) is 2. The van der Waals surface area contributed by atoms with Crippen LogP contribution in [0, 0.1) is 0 Å². The van der Waals surface area contributed by atoms with E-state index >= 15 is 0 Å². The predicted octanol–water partition coefficient (Wildman–Crippen LogP) is -0.173. The van der Waals surface area contributed by atoms with Gasteiger partial charge >= 0.3 is 0 Å². The Morgan fingerprint density at radius 2 is 2.60 bits per heavy atom. The fourth-order valence-electron chi connectivity index (χ4n) is 1.34. The molecule has 0 aliphatic carbocycles. The van der Waals surface area contributed by atoms with Crippen molar-refractivity contribution >= 4 is 6.41 Å². The van der Waals surface area contributed by atoms with Crippen molar-refractivity contribution < 1.29 is 4.79 Å². The Balaban J connectivity index is 2.21. The van der Waals surface area contributed by atoms with Crippen LogP contribution in [-0.4, -0.2) is 37.0 Å². The minimum absolute atomic E-state index is 0.537. The van der Waals surface area contributed by atoms with E-state index in [0.29, 0.717) is 6.04 Å². The van der Waals surface area contributed by atoms with Gasteiger partial charge in [-0.05, 0) is 13.0 Å². The monoisotopic (exact) mass is 142 g/mol. The second-order valence-corrected chi connectivity index (χ2v) is 2.64. The zero-order valence-electron chi connectivity index (χ0n) is 6.34. The Hall–Kier alpha value is -0.570. The molecule has 1 saturated heterocycles. The van der Waals surface area contributed by atoms with Crippen LogP contribution in [0.3, 0.4) is 0 Å². The highest BCUT2D eigenvalue weighted by molar-refractivity contribution is 5.47. The summed E-state index contributed by atoms with van der Waals surface area (Å²) in [5.74, 6) is 0. The number of rotatable bonds is 3. The van der Waals surface area contributed by atoms with Gasteiger partial charge in [-0.2, -0.15) is 0 Å². The maximum atomic E-state index is 10.3. The zero-order chi connectivity index (χ0) is 7.40. The molecule has 3 heteroatoms. The fraction of sp³-hybridized carbons (Fsp3) is 0.857. The summed E-state index contributed by atoms with van der Waals surface area (Å²) in [6, 6.07) is 0.537. The van der Waals surface area contributed by atoms with Gasteiger partial charge in [0, 0.05) is 19.1 Å². The quantitative estimate of drug-likeness (QED) is 0.555. The van der Waals surface area contributed by atoms with E-state index in [1.807, 2.05) is 4.90 Å². The predicted molar refractivity (Wildman–Crippen MR) is 39.7 cm³/mol. The first-order chi connectivity index (χ1) is 4.86. The van der Waals surface area contributed by atoms with Crippen LogP contribution in [0.15, 0.2) is 0 Å². The first-order valence-electron chi connectivity index (χ1n) is 3.79. The molecule has 1 N–H and O–H groups in total. The van der Waals surface area contributed by atoms with Gasteiger partial charge in [0.05, 0.1) is 0 Å². The van der Waals surface area contributed by atoms with E-state index in [4.69, 9.17) is 0 Å². The molecule has 0 saturated carbocycles. The average Bonchev–Trinajstić information content (AvgIpc) is 2.37. The molecule has 1 unspecified atom stereocenters. The van der Waals surface area contributed by atoms with Gasteiger partial charge in [-0.3, -0.25) is 4.79 Å². The molecule has 1 heterocycles. The number of nitrogens with zero attached hydrogens (tertiary/aromatic N) is 1. The second-order valence-electron chi connectivity index (χ2n) is 2.64. The molecule has 1 atom stereocenters. The topological polar surface area (TPSA) is 32.3 Å². The molecule has 10 heavy (non-hydrogen) atoms. The van der Waals surface area contributed by atoms with Gasteiger partial charge in [-0.25, -0.2) is 0 Å². The molecule has 1 rings (SSSR count). The van der Waals surface area contributed by atoms with Crippen LogP contribution in [0.1, 0.15) is 13.3 Å². The summed E-state index contributed by atoms with van der Waals surface area (Å²) >= 11 is 0. The third-order valence-electron chi connectivity index (χ3n) is 1.86. The van der Waals surface area contributed by atoms with E-state index in [-0.39, 0.29) is 0 Å². The minimum atomic E-state index is 0.537. The Morgan fingerprint density at radius 1 is 1.80 bits per heavy atom. The third kappa shape index (κ3) is 1.70. The summed E-state index contributed by atoms with van der Waals surface area (Å²) in [6.07, 6.45) is 2.03. The lowest BCUT2D eigenvalue weighted by molar-refractivity contribution is -0.117. The largest absolute Gasteiger partial charge is 0.344 e. The minimum Gasteiger partial charge on any atom is -0.344 e. The molecule has 1 aliphatic heterocycles. The van der Waals surface area contributed by atoms with E-state index < -0.39 is 0 Å². The molecule has 3 nitrogen and oxygen atoms in total. The van der Waals surface area contributed by atoms with Gasteiger partial charge in [0.15, 0.2) is 0 Å². The molecule has 58 valence electrons. The lowest BCUT2D eigenvalue weighted by atomic mass is 10.3. The molecular weight excluding hydrogens is 128 g/mol. The molecule has 0 bridgehead atoms. The van der Waals surface area contributed by atoms with Crippen molar-refractivity contribution in [3.05, 3.63) is 0 Å². The molecule has 1 fully saturated rings. The third-order valence-corrected chi connectivity index (χ3v) is 1.86. The SMILES string of the molecule is CCNC1CCN(C=O)C1. The van der Waals surface area contributed by atoms with Crippen LogP contribution in [0.4, 0.5) is 0 Å². The van der Waals surface area contributed by atoms with Crippen LogP contribution >= 0.6 is 0 Å². The summed E-state index contributed by atoms with van der Waals surface area (Å²) in [5.41, 5.74) is 0. The molecule has 1 aliphatic rings. The summed E-state index contributed by atoms with van der Waals surface area (Å²) in [5, 5.41) is 3.31. The van der Waals surface area contributed by atoms with Gasteiger partial charge in [-0.15, -0.1) is 0 Å². The Morgan fingerprint density at radius 3 is 3.10 bits per heavy atom. The van der Waals surface area contributed by atoms with Crippen molar-refractivity contribution in [3.63, 3.8) is 0 Å². The van der Waals surface area contributed by atoms with Crippen LogP contribution in [0.5, 0.6) is 0 Å². The molecule has 0 aromatic heterocycles. The first-order valence-corrected chi connectivity index (χ1v) is 3.79. The van der Waals surface area contributed by atoms with Crippen LogP contribution in [-0.2, 0) is 4.79 Å². The highest BCUT2D eigenvalue weighted by Crippen LogP contribution is 2.05. The van der Waals surface area contributed by atoms with E-state index in [0.717, 1.165) is 32.5 Å². The molecule has 0 spiro atoms. The smallest absolute Gasteiger partial charge is 0.209 e. The molecule has 1 amide bonds. The van der Waals surface area contributed by atoms with Crippen LogP contribution in [0.2, 0.25) is 0 Å². The number of likely N-dealkylation sites (N-methyl/N-ethyl adjacent to an activating group) is 1. The van der Waals surface area contributed by atoms with Gasteiger partial charge in [0.1, 0.15) is 0 Å². The highest BCUT2D eigenvalue weighted by Gasteiger charge is 2.19. The van der Waals surface area contributed by atoms with Gasteiger partial charge in [0.2, 0.25) is 6.41 Å². The summed E-state index contributed by atoms with van der Waals surface area (Å²) < 4.78 is 0. The van der Waals surface area contributed by atoms with Crippen molar-refractivity contribution in [1.29, 1.82) is 0 Å². The average molecular weight is 142 g/mol. The first kappa shape index (κ1) is 7.54. The van der Waals surface area contributed by atoms with E-state index in [1.165, 1.54) is 0 Å². The van der Waals surface area contributed by atoms with Crippen molar-refractivity contribution in [2.45, 2.75) is 19.4 Å². The number of hydrogen-bond donors (Lipinski definition) is 1. The normalized spacial score (nSPS) is 25.3. The lowest BCUT2D eigenvalue weighted by Gasteiger charge is -2.10. The lowest BCUT2D eigenvalue weighted by Crippen LogP contribution is -2.31. The highest BCUT2D eigenvalue weighted by atomic mass is 16.1. The summed E-state index contributed by atoms with van der Waals surface area (Å²) in [6.45, 7) is 4.89. The Bertz CT molecular complexity index is 116. The fourth-order valence-corrected chi connectivity index (χ4v) is 1.34. The van der Waals surface area contributed by atoms with Crippen molar-refractivity contribution in [2.24, 2.45) is 0 Å². The van der Waals surface area contributed by atoms with Crippen LogP contribution < -0.4 is 5.32 Å². The number of nitrogens with one attached hydrogen (secondary N) is 1. The van der Waals surface area contributed by atoms with Crippen molar-refractivity contribution in [1.82, 2.24) is 10.2 Å². The maximum Gasteiger partial charge on any atom is 0.209 e. The standard InChI is InChI=1S/C7H14N2O/c1-2-8-7-3-4-9(5-7)6-10/h6-8H,2-5H2,1H3. The summed E-state index contributed by atoms with van der Waals surface area (Å²) in [7, 11) is 0. The zero-order valence-corrected chi connectivity index (χ0v) is 6.34. The van der Waals surface area contributed by atoms with Gasteiger partial charge < -0.3 is 10.2 Å². The van der Waals surface area contributed by atoms with Crippen molar-refractivity contribution in [2.75, 3.05) is 19.6 Å².